The third kappa shape index (κ3) is 6.25. The van der Waals surface area contributed by atoms with Crippen LogP contribution in [0.2, 0.25) is 5.02 Å². The van der Waals surface area contributed by atoms with Gasteiger partial charge >= 0.3 is 6.09 Å². The highest BCUT2D eigenvalue weighted by molar-refractivity contribution is 6.30. The number of alkyl carbamates (subject to hydrolysis) is 1. The van der Waals surface area contributed by atoms with Gasteiger partial charge in [0.05, 0.1) is 6.04 Å². The van der Waals surface area contributed by atoms with Gasteiger partial charge in [-0.15, -0.1) is 0 Å². The molecule has 1 N–H and O–H groups in total. The maximum atomic E-state index is 11.5. The molecule has 0 spiro atoms. The van der Waals surface area contributed by atoms with Gasteiger partial charge < -0.3 is 14.8 Å². The minimum atomic E-state index is -0.590. The summed E-state index contributed by atoms with van der Waals surface area (Å²) < 4.78 is 5.03. The maximum absolute atomic E-state index is 11.5. The summed E-state index contributed by atoms with van der Waals surface area (Å²) in [6.07, 6.45) is 0.732. The van der Waals surface area contributed by atoms with Crippen molar-refractivity contribution < 1.29 is 14.3 Å². The van der Waals surface area contributed by atoms with Crippen molar-refractivity contribution in [1.82, 2.24) is 5.32 Å². The van der Waals surface area contributed by atoms with Crippen LogP contribution in [0.1, 0.15) is 25.8 Å². The Hall–Kier alpha value is -1.55. The quantitative estimate of drug-likeness (QED) is 0.816. The lowest BCUT2D eigenvalue weighted by atomic mass is 10.1. The molecular weight excluding hydrogens is 266 g/mol. The van der Waals surface area contributed by atoms with Crippen LogP contribution >= 0.6 is 11.6 Å². The number of aldehydes is 1. The fraction of sp³-hybridized carbons (Fsp3) is 0.429. The van der Waals surface area contributed by atoms with Crippen LogP contribution in [0, 0.1) is 5.92 Å². The van der Waals surface area contributed by atoms with Gasteiger partial charge in [0.1, 0.15) is 12.9 Å². The number of nitrogens with one attached hydrogen (secondary N) is 1. The van der Waals surface area contributed by atoms with Gasteiger partial charge in [0.25, 0.3) is 0 Å². The summed E-state index contributed by atoms with van der Waals surface area (Å²) in [5.74, 6) is 0.326. The number of halogens is 1. The molecule has 0 bridgehead atoms. The molecule has 1 aromatic carbocycles. The molecule has 1 amide bonds. The number of rotatable bonds is 6. The van der Waals surface area contributed by atoms with Gasteiger partial charge in [-0.2, -0.15) is 0 Å². The molecule has 4 nitrogen and oxygen atoms in total. The minimum Gasteiger partial charge on any atom is -0.445 e. The Bertz CT molecular complexity index is 417. The van der Waals surface area contributed by atoms with Crippen LogP contribution in [0.4, 0.5) is 4.79 Å². The normalized spacial score (nSPS) is 12.0. The smallest absolute Gasteiger partial charge is 0.408 e. The van der Waals surface area contributed by atoms with Gasteiger partial charge in [0.2, 0.25) is 0 Å². The van der Waals surface area contributed by atoms with E-state index in [4.69, 9.17) is 16.3 Å². The van der Waals surface area contributed by atoms with Crippen LogP contribution in [-0.2, 0) is 16.1 Å². The topological polar surface area (TPSA) is 55.4 Å². The molecule has 0 aliphatic rings. The fourth-order valence-corrected chi connectivity index (χ4v) is 1.70. The van der Waals surface area contributed by atoms with Gasteiger partial charge in [-0.25, -0.2) is 4.79 Å². The monoisotopic (exact) mass is 283 g/mol. The van der Waals surface area contributed by atoms with Crippen LogP contribution < -0.4 is 5.32 Å². The van der Waals surface area contributed by atoms with Crippen molar-refractivity contribution >= 4 is 24.0 Å². The highest BCUT2D eigenvalue weighted by Crippen LogP contribution is 2.10. The van der Waals surface area contributed by atoms with Crippen molar-refractivity contribution in [2.45, 2.75) is 32.9 Å². The molecule has 0 aliphatic carbocycles. The molecule has 0 saturated heterocycles. The molecule has 0 fully saturated rings. The van der Waals surface area contributed by atoms with Crippen LogP contribution in [0.3, 0.4) is 0 Å². The van der Waals surface area contributed by atoms with Gasteiger partial charge in [-0.3, -0.25) is 0 Å². The van der Waals surface area contributed by atoms with Gasteiger partial charge in [-0.1, -0.05) is 37.6 Å². The van der Waals surface area contributed by atoms with E-state index in [1.165, 1.54) is 0 Å². The Kier molecular flexibility index (Phi) is 6.36. The van der Waals surface area contributed by atoms with E-state index < -0.39 is 12.1 Å². The molecule has 1 aromatic rings. The first kappa shape index (κ1) is 15.5. The van der Waals surface area contributed by atoms with Crippen LogP contribution in [0.15, 0.2) is 24.3 Å². The Labute approximate surface area is 118 Å². The number of carbonyl (C=O) groups is 2. The molecule has 0 saturated carbocycles. The zero-order valence-corrected chi connectivity index (χ0v) is 11.8. The summed E-state index contributed by atoms with van der Waals surface area (Å²) in [5, 5.41) is 3.16. The van der Waals surface area contributed by atoms with Crippen LogP contribution in [-0.4, -0.2) is 18.4 Å². The maximum Gasteiger partial charge on any atom is 0.408 e. The van der Waals surface area contributed by atoms with Gasteiger partial charge in [0.15, 0.2) is 0 Å². The zero-order valence-electron chi connectivity index (χ0n) is 11.1. The molecule has 104 valence electrons. The molecule has 1 atom stereocenters. The number of carbonyl (C=O) groups excluding carboxylic acids is 2. The number of ether oxygens (including phenoxy) is 1. The van der Waals surface area contributed by atoms with Crippen LogP contribution in [0.25, 0.3) is 0 Å². The van der Waals surface area contributed by atoms with E-state index in [-0.39, 0.29) is 6.61 Å². The highest BCUT2D eigenvalue weighted by atomic mass is 35.5. The summed E-state index contributed by atoms with van der Waals surface area (Å²) in [6, 6.07) is 6.51. The molecule has 1 rings (SSSR count). The number of benzene rings is 1. The fourth-order valence-electron chi connectivity index (χ4n) is 1.58. The SMILES string of the molecule is CC(C)C[C@@H](C=O)NC(=O)OCc1ccc(Cl)cc1. The summed E-state index contributed by atoms with van der Waals surface area (Å²) >= 11 is 5.75. The standard InChI is InChI=1S/C14H18ClNO3/c1-10(2)7-13(8-17)16-14(18)19-9-11-3-5-12(15)6-4-11/h3-6,8,10,13H,7,9H2,1-2H3,(H,16,18)/t13-/m0/s1. The Morgan fingerprint density at radius 2 is 2.00 bits per heavy atom. The number of amides is 1. The highest BCUT2D eigenvalue weighted by Gasteiger charge is 2.13. The molecule has 0 unspecified atom stereocenters. The van der Waals surface area contributed by atoms with E-state index in [9.17, 15) is 9.59 Å². The first-order chi connectivity index (χ1) is 9.01. The Morgan fingerprint density at radius 1 is 1.37 bits per heavy atom. The molecule has 19 heavy (non-hydrogen) atoms. The second-order valence-corrected chi connectivity index (χ2v) is 5.16. The summed E-state index contributed by atoms with van der Waals surface area (Å²) in [6.45, 7) is 4.12. The van der Waals surface area contributed by atoms with Crippen molar-refractivity contribution in [3.8, 4) is 0 Å². The van der Waals surface area contributed by atoms with Crippen molar-refractivity contribution in [3.63, 3.8) is 0 Å². The third-order valence-electron chi connectivity index (χ3n) is 2.48. The second-order valence-electron chi connectivity index (χ2n) is 4.72. The van der Waals surface area contributed by atoms with Gasteiger partial charge in [0, 0.05) is 5.02 Å². The van der Waals surface area contributed by atoms with Crippen molar-refractivity contribution in [3.05, 3.63) is 34.9 Å². The van der Waals surface area contributed by atoms with Gasteiger partial charge in [-0.05, 0) is 30.0 Å². The predicted octanol–water partition coefficient (Wildman–Crippen LogP) is 3.18. The second kappa shape index (κ2) is 7.79. The molecular formula is C14H18ClNO3. The summed E-state index contributed by atoms with van der Waals surface area (Å²) in [7, 11) is 0. The third-order valence-corrected chi connectivity index (χ3v) is 2.73. The lowest BCUT2D eigenvalue weighted by molar-refractivity contribution is -0.109. The van der Waals surface area contributed by atoms with Crippen molar-refractivity contribution in [2.24, 2.45) is 5.92 Å². The summed E-state index contributed by atoms with van der Waals surface area (Å²) in [4.78, 5) is 22.3. The predicted molar refractivity (Wildman–Crippen MR) is 74.1 cm³/mol. The van der Waals surface area contributed by atoms with E-state index in [0.717, 1.165) is 11.8 Å². The van der Waals surface area contributed by atoms with E-state index >= 15 is 0 Å². The van der Waals surface area contributed by atoms with E-state index in [1.807, 2.05) is 13.8 Å². The first-order valence-corrected chi connectivity index (χ1v) is 6.52. The molecule has 0 aromatic heterocycles. The number of hydrogen-bond acceptors (Lipinski definition) is 3. The number of hydrogen-bond donors (Lipinski definition) is 1. The lowest BCUT2D eigenvalue weighted by Gasteiger charge is -2.14. The molecule has 5 heteroatoms. The average molecular weight is 284 g/mol. The largest absolute Gasteiger partial charge is 0.445 e. The summed E-state index contributed by atoms with van der Waals surface area (Å²) in [5.41, 5.74) is 0.839. The average Bonchev–Trinajstić information content (AvgIpc) is 2.36. The Morgan fingerprint density at radius 3 is 2.53 bits per heavy atom. The lowest BCUT2D eigenvalue weighted by Crippen LogP contribution is -2.37. The van der Waals surface area contributed by atoms with Crippen molar-refractivity contribution in [2.75, 3.05) is 0 Å². The van der Waals surface area contributed by atoms with E-state index in [1.54, 1.807) is 24.3 Å². The van der Waals surface area contributed by atoms with Crippen molar-refractivity contribution in [1.29, 1.82) is 0 Å². The first-order valence-electron chi connectivity index (χ1n) is 6.14. The molecule has 0 heterocycles. The molecule has 0 aliphatic heterocycles. The van der Waals surface area contributed by atoms with E-state index in [2.05, 4.69) is 5.32 Å². The zero-order chi connectivity index (χ0) is 14.3. The van der Waals surface area contributed by atoms with Crippen LogP contribution in [0.5, 0.6) is 0 Å². The molecule has 0 radical (unpaired) electrons. The van der Waals surface area contributed by atoms with E-state index in [0.29, 0.717) is 17.4 Å². The Balaban J connectivity index is 2.38. The minimum absolute atomic E-state index is 0.149.